The summed E-state index contributed by atoms with van der Waals surface area (Å²) < 4.78 is 42.5. The number of carbonyl (C=O) groups is 1. The van der Waals surface area contributed by atoms with Crippen LogP contribution in [-0.2, 0) is 26.6 Å². The van der Waals surface area contributed by atoms with Crippen LogP contribution in [-0.4, -0.2) is 52.5 Å². The van der Waals surface area contributed by atoms with Crippen molar-refractivity contribution in [1.82, 2.24) is 4.72 Å². The highest BCUT2D eigenvalue weighted by Crippen LogP contribution is 2.47. The summed E-state index contributed by atoms with van der Waals surface area (Å²) in [7, 11) is -2.11. The Morgan fingerprint density at radius 1 is 1.09 bits per heavy atom. The van der Waals surface area contributed by atoms with Gasteiger partial charge in [0, 0.05) is 36.2 Å². The molecule has 2 fully saturated rings. The molecule has 2 saturated carbocycles. The number of nitrogens with zero attached hydrogens (tertiary/aromatic N) is 1. The average molecular weight is 639 g/mol. The fourth-order valence-corrected chi connectivity index (χ4v) is 10.7. The Hall–Kier alpha value is -2.55. The number of hydrogen-bond acceptors (Lipinski definition) is 6. The molecule has 5 aliphatic rings. The van der Waals surface area contributed by atoms with Gasteiger partial charge in [-0.1, -0.05) is 36.7 Å². The van der Waals surface area contributed by atoms with Gasteiger partial charge in [-0.05, 0) is 116 Å². The number of methoxy groups -OCH3 is 1. The van der Waals surface area contributed by atoms with Crippen LogP contribution in [0.3, 0.4) is 0 Å². The lowest BCUT2D eigenvalue weighted by Gasteiger charge is -2.46. The Kier molecular flexibility index (Phi) is 7.99. The van der Waals surface area contributed by atoms with Gasteiger partial charge in [-0.2, -0.15) is 0 Å². The molecule has 9 heteroatoms. The fourth-order valence-electron chi connectivity index (χ4n) is 8.45. The molecule has 1 N–H and O–H groups in total. The number of amides is 1. The molecule has 3 aliphatic carbocycles. The summed E-state index contributed by atoms with van der Waals surface area (Å²) in [5.41, 5.74) is 3.53. The van der Waals surface area contributed by atoms with E-state index in [0.29, 0.717) is 30.4 Å². The molecule has 7 nitrogen and oxygen atoms in total. The number of aryl methyl sites for hydroxylation is 1. The van der Waals surface area contributed by atoms with E-state index < -0.39 is 21.2 Å². The molecule has 2 heterocycles. The van der Waals surface area contributed by atoms with E-state index in [-0.39, 0.29) is 23.4 Å². The number of rotatable bonds is 2. The first-order valence-electron chi connectivity index (χ1n) is 16.2. The number of allylic oxidation sites excluding steroid dienone is 1. The fraction of sp³-hybridized carbons (Fsp3) is 0.571. The van der Waals surface area contributed by atoms with Gasteiger partial charge in [0.1, 0.15) is 5.75 Å². The van der Waals surface area contributed by atoms with Crippen LogP contribution >= 0.6 is 11.6 Å². The van der Waals surface area contributed by atoms with E-state index in [4.69, 9.17) is 21.1 Å². The van der Waals surface area contributed by atoms with Crippen molar-refractivity contribution in [2.45, 2.75) is 75.1 Å². The molecule has 2 bridgehead atoms. The van der Waals surface area contributed by atoms with E-state index >= 15 is 0 Å². The van der Waals surface area contributed by atoms with E-state index in [1.54, 1.807) is 13.2 Å². The van der Waals surface area contributed by atoms with E-state index in [2.05, 4.69) is 33.9 Å². The van der Waals surface area contributed by atoms with Crippen molar-refractivity contribution >= 4 is 33.2 Å². The van der Waals surface area contributed by atoms with Crippen LogP contribution in [0.15, 0.2) is 48.6 Å². The number of carbonyl (C=O) groups excluding carboxylic acids is 1. The van der Waals surface area contributed by atoms with Gasteiger partial charge in [0.15, 0.2) is 0 Å². The second kappa shape index (κ2) is 11.7. The van der Waals surface area contributed by atoms with Crippen molar-refractivity contribution in [1.29, 1.82) is 0 Å². The number of benzene rings is 2. The third-order valence-electron chi connectivity index (χ3n) is 11.0. The van der Waals surface area contributed by atoms with Gasteiger partial charge in [0.2, 0.25) is 10.0 Å². The highest BCUT2D eigenvalue weighted by Gasteiger charge is 2.46. The molecule has 0 saturated heterocycles. The molecule has 0 unspecified atom stereocenters. The zero-order chi connectivity index (χ0) is 30.6. The summed E-state index contributed by atoms with van der Waals surface area (Å²) in [5, 5.41) is 0.144. The predicted molar refractivity (Wildman–Crippen MR) is 173 cm³/mol. The molecule has 0 aromatic heterocycles. The zero-order valence-corrected chi connectivity index (χ0v) is 27.2. The third kappa shape index (κ3) is 5.56. The Morgan fingerprint density at radius 2 is 1.91 bits per heavy atom. The van der Waals surface area contributed by atoms with Crippen molar-refractivity contribution in [3.8, 4) is 5.75 Å². The second-order valence-corrected chi connectivity index (χ2v) is 16.2. The number of fused-ring (bicyclic) bond motifs is 4. The van der Waals surface area contributed by atoms with Crippen LogP contribution in [0.25, 0.3) is 0 Å². The standard InChI is InChI=1S/C35H43ClN2O5S/c1-22-5-3-7-31(42-2)28-13-10-26(28)19-38-20-35(16-4-6-24-17-27(36)12-14-29(24)35)21-43-32-15-11-25(18-30(32)38)34(39)37-44(40,41)33(22)23-8-9-23/h3,7,11-12,14-15,17-18,22-23,26,28,31,33H,4-6,8-10,13,16,19-21H2,1-2H3,(H,37,39)/b7-3+/t22-,26-,28+,31-,33-,35-/m0/s1. The van der Waals surface area contributed by atoms with Gasteiger partial charge in [-0.3, -0.25) is 4.79 Å². The summed E-state index contributed by atoms with van der Waals surface area (Å²) in [6, 6.07) is 11.6. The maximum absolute atomic E-state index is 13.7. The molecule has 2 aromatic rings. The molecule has 6 atom stereocenters. The highest BCUT2D eigenvalue weighted by molar-refractivity contribution is 7.90. The van der Waals surface area contributed by atoms with Gasteiger partial charge in [0.25, 0.3) is 5.91 Å². The Morgan fingerprint density at radius 3 is 2.66 bits per heavy atom. The molecule has 44 heavy (non-hydrogen) atoms. The normalized spacial score (nSPS) is 34.0. The van der Waals surface area contributed by atoms with Crippen LogP contribution in [0.2, 0.25) is 5.02 Å². The summed E-state index contributed by atoms with van der Waals surface area (Å²) in [4.78, 5) is 16.0. The summed E-state index contributed by atoms with van der Waals surface area (Å²) in [6.07, 6.45) is 11.9. The Labute approximate surface area is 266 Å². The van der Waals surface area contributed by atoms with Crippen LogP contribution in [0.1, 0.15) is 73.4 Å². The maximum atomic E-state index is 13.7. The van der Waals surface area contributed by atoms with Crippen LogP contribution in [0.5, 0.6) is 5.75 Å². The summed E-state index contributed by atoms with van der Waals surface area (Å²) >= 11 is 6.42. The molecular weight excluding hydrogens is 596 g/mol. The van der Waals surface area contributed by atoms with Gasteiger partial charge in [-0.15, -0.1) is 0 Å². The first-order valence-corrected chi connectivity index (χ1v) is 18.2. The van der Waals surface area contributed by atoms with Crippen LogP contribution in [0, 0.1) is 23.7 Å². The minimum absolute atomic E-state index is 0.0231. The molecule has 0 radical (unpaired) electrons. The topological polar surface area (TPSA) is 84.9 Å². The molecule has 1 amide bonds. The van der Waals surface area contributed by atoms with E-state index in [0.717, 1.165) is 74.5 Å². The second-order valence-electron chi connectivity index (χ2n) is 13.9. The molecule has 2 aliphatic heterocycles. The monoisotopic (exact) mass is 638 g/mol. The van der Waals surface area contributed by atoms with Gasteiger partial charge in [0.05, 0.1) is 23.6 Å². The van der Waals surface area contributed by atoms with E-state index in [9.17, 15) is 13.2 Å². The number of anilines is 1. The highest BCUT2D eigenvalue weighted by atomic mass is 35.5. The lowest BCUT2D eigenvalue weighted by atomic mass is 9.68. The zero-order valence-electron chi connectivity index (χ0n) is 25.6. The minimum Gasteiger partial charge on any atom is -0.490 e. The molecule has 1 spiro atoms. The number of hydrogen-bond donors (Lipinski definition) is 1. The first-order chi connectivity index (χ1) is 21.2. The molecule has 2 aromatic carbocycles. The van der Waals surface area contributed by atoms with Crippen molar-refractivity contribution < 1.29 is 22.7 Å². The third-order valence-corrected chi connectivity index (χ3v) is 13.3. The summed E-state index contributed by atoms with van der Waals surface area (Å²) in [6.45, 7) is 4.07. The van der Waals surface area contributed by atoms with Crippen molar-refractivity contribution in [3.63, 3.8) is 0 Å². The van der Waals surface area contributed by atoms with Gasteiger partial charge < -0.3 is 14.4 Å². The van der Waals surface area contributed by atoms with Crippen molar-refractivity contribution in [2.75, 3.05) is 31.7 Å². The quantitative estimate of drug-likeness (QED) is 0.390. The number of halogens is 1. The SMILES string of the molecule is CO[C@H]1/C=C/C[C@H](C)[C@@H](C2CC2)S(=O)(=O)NC(=O)c2ccc3c(c2)N(C[C@@H]2CC[C@H]21)C[C@@]1(CCCc2cc(Cl)ccc21)CO3. The molecule has 7 rings (SSSR count). The largest absolute Gasteiger partial charge is 0.490 e. The lowest BCUT2D eigenvalue weighted by molar-refractivity contribution is 0.0131. The van der Waals surface area contributed by atoms with Gasteiger partial charge >= 0.3 is 0 Å². The number of ether oxygens (including phenoxy) is 2. The Bertz CT molecular complexity index is 1570. The lowest BCUT2D eigenvalue weighted by Crippen LogP contribution is -2.49. The minimum atomic E-state index is -3.88. The number of nitrogens with one attached hydrogen (secondary N) is 1. The van der Waals surface area contributed by atoms with Crippen LogP contribution in [0.4, 0.5) is 5.69 Å². The number of sulfonamides is 1. The smallest absolute Gasteiger partial charge is 0.264 e. The Balaban J connectivity index is 1.30. The predicted octanol–water partition coefficient (Wildman–Crippen LogP) is 6.29. The van der Waals surface area contributed by atoms with Crippen molar-refractivity contribution in [2.24, 2.45) is 23.7 Å². The van der Waals surface area contributed by atoms with Crippen LogP contribution < -0.4 is 14.4 Å². The van der Waals surface area contributed by atoms with E-state index in [1.807, 2.05) is 25.1 Å². The molecule has 236 valence electrons. The van der Waals surface area contributed by atoms with E-state index in [1.165, 1.54) is 11.1 Å². The maximum Gasteiger partial charge on any atom is 0.264 e. The summed E-state index contributed by atoms with van der Waals surface area (Å²) in [5.74, 6) is 0.903. The van der Waals surface area contributed by atoms with Gasteiger partial charge in [-0.25, -0.2) is 13.1 Å². The van der Waals surface area contributed by atoms with Crippen molar-refractivity contribution in [3.05, 3.63) is 70.3 Å². The first kappa shape index (κ1) is 30.1. The molecular formula is C35H43ClN2O5S. The average Bonchev–Trinajstić information content (AvgIpc) is 3.82.